The van der Waals surface area contributed by atoms with E-state index in [2.05, 4.69) is 5.16 Å². The molecule has 3 nitrogen and oxygen atoms in total. The molecule has 0 aliphatic heterocycles. The minimum absolute atomic E-state index is 0.291. The van der Waals surface area contributed by atoms with Crippen LogP contribution in [0.2, 0.25) is 0 Å². The van der Waals surface area contributed by atoms with E-state index in [4.69, 9.17) is 9.26 Å². The normalized spacial score (nSPS) is 11.0. The zero-order valence-electron chi connectivity index (χ0n) is 9.61. The maximum absolute atomic E-state index is 13.8. The Morgan fingerprint density at radius 2 is 2.24 bits per heavy atom. The SMILES string of the molecule is COC=Cc1cc(-c2cnoc2)c(F)cc1C. The molecule has 17 heavy (non-hydrogen) atoms. The van der Waals surface area contributed by atoms with Gasteiger partial charge < -0.3 is 9.26 Å². The van der Waals surface area contributed by atoms with E-state index >= 15 is 0 Å². The molecule has 0 spiro atoms. The van der Waals surface area contributed by atoms with Crippen LogP contribution >= 0.6 is 0 Å². The fourth-order valence-electron chi connectivity index (χ4n) is 1.57. The average Bonchev–Trinajstić information content (AvgIpc) is 2.81. The van der Waals surface area contributed by atoms with Gasteiger partial charge in [-0.1, -0.05) is 5.16 Å². The van der Waals surface area contributed by atoms with E-state index in [1.165, 1.54) is 18.5 Å². The number of hydrogen-bond donors (Lipinski definition) is 0. The van der Waals surface area contributed by atoms with Gasteiger partial charge in [-0.2, -0.15) is 0 Å². The molecule has 0 aliphatic carbocycles. The summed E-state index contributed by atoms with van der Waals surface area (Å²) in [5.41, 5.74) is 2.82. The van der Waals surface area contributed by atoms with E-state index < -0.39 is 0 Å². The molecule has 4 heteroatoms. The zero-order chi connectivity index (χ0) is 12.3. The van der Waals surface area contributed by atoms with E-state index in [9.17, 15) is 4.39 Å². The fraction of sp³-hybridized carbons (Fsp3) is 0.154. The van der Waals surface area contributed by atoms with Crippen LogP contribution < -0.4 is 0 Å². The van der Waals surface area contributed by atoms with Crippen molar-refractivity contribution >= 4 is 6.08 Å². The molecule has 0 saturated carbocycles. The van der Waals surface area contributed by atoms with Gasteiger partial charge in [0.1, 0.15) is 12.1 Å². The first-order valence-electron chi connectivity index (χ1n) is 5.11. The summed E-state index contributed by atoms with van der Waals surface area (Å²) in [6.07, 6.45) is 6.23. The second kappa shape index (κ2) is 4.82. The molecule has 1 heterocycles. The zero-order valence-corrected chi connectivity index (χ0v) is 9.61. The number of ether oxygens (including phenoxy) is 1. The molecule has 0 N–H and O–H groups in total. The third-order valence-corrected chi connectivity index (χ3v) is 2.48. The van der Waals surface area contributed by atoms with Gasteiger partial charge in [-0.15, -0.1) is 0 Å². The number of benzene rings is 1. The van der Waals surface area contributed by atoms with Crippen LogP contribution in [0.3, 0.4) is 0 Å². The Kier molecular flexibility index (Phi) is 3.23. The molecular formula is C13H12FNO2. The first-order valence-corrected chi connectivity index (χ1v) is 5.11. The van der Waals surface area contributed by atoms with Gasteiger partial charge in [0.25, 0.3) is 0 Å². The van der Waals surface area contributed by atoms with Crippen molar-refractivity contribution in [2.24, 2.45) is 0 Å². The van der Waals surface area contributed by atoms with Crippen molar-refractivity contribution in [1.29, 1.82) is 0 Å². The van der Waals surface area contributed by atoms with E-state index in [0.717, 1.165) is 11.1 Å². The molecule has 0 radical (unpaired) electrons. The summed E-state index contributed by atoms with van der Waals surface area (Å²) in [5.74, 6) is -0.291. The lowest BCUT2D eigenvalue weighted by Crippen LogP contribution is -1.89. The smallest absolute Gasteiger partial charge is 0.131 e. The Hall–Kier alpha value is -2.10. The topological polar surface area (TPSA) is 35.3 Å². The minimum Gasteiger partial charge on any atom is -0.504 e. The highest BCUT2D eigenvalue weighted by atomic mass is 19.1. The van der Waals surface area contributed by atoms with Crippen LogP contribution in [0, 0.1) is 12.7 Å². The fourth-order valence-corrected chi connectivity index (χ4v) is 1.57. The van der Waals surface area contributed by atoms with E-state index in [0.29, 0.717) is 11.1 Å². The Morgan fingerprint density at radius 1 is 1.41 bits per heavy atom. The van der Waals surface area contributed by atoms with E-state index in [-0.39, 0.29) is 5.82 Å². The number of halogens is 1. The van der Waals surface area contributed by atoms with Gasteiger partial charge in [0.2, 0.25) is 0 Å². The summed E-state index contributed by atoms with van der Waals surface area (Å²) >= 11 is 0. The van der Waals surface area contributed by atoms with Crippen molar-refractivity contribution in [1.82, 2.24) is 5.16 Å². The van der Waals surface area contributed by atoms with Crippen molar-refractivity contribution in [3.8, 4) is 11.1 Å². The molecule has 88 valence electrons. The molecule has 2 aromatic rings. The summed E-state index contributed by atoms with van der Waals surface area (Å²) in [7, 11) is 1.57. The molecule has 0 bridgehead atoms. The van der Waals surface area contributed by atoms with E-state index in [1.807, 2.05) is 6.92 Å². The van der Waals surface area contributed by atoms with Crippen LogP contribution in [0.15, 0.2) is 35.4 Å². The molecule has 0 atom stereocenters. The number of methoxy groups -OCH3 is 1. The van der Waals surface area contributed by atoms with Gasteiger partial charge in [0.05, 0.1) is 19.6 Å². The van der Waals surface area contributed by atoms with Gasteiger partial charge in [0, 0.05) is 11.1 Å². The lowest BCUT2D eigenvalue weighted by atomic mass is 10.0. The highest BCUT2D eigenvalue weighted by molar-refractivity contribution is 5.68. The van der Waals surface area contributed by atoms with Crippen LogP contribution in [0.4, 0.5) is 4.39 Å². The Balaban J connectivity index is 2.50. The van der Waals surface area contributed by atoms with Crippen LogP contribution in [0.1, 0.15) is 11.1 Å². The second-order valence-electron chi connectivity index (χ2n) is 3.64. The first kappa shape index (κ1) is 11.4. The van der Waals surface area contributed by atoms with Crippen LogP contribution in [-0.4, -0.2) is 12.3 Å². The predicted molar refractivity (Wildman–Crippen MR) is 62.7 cm³/mol. The number of rotatable bonds is 3. The summed E-state index contributed by atoms with van der Waals surface area (Å²) in [6.45, 7) is 1.84. The highest BCUT2D eigenvalue weighted by Gasteiger charge is 2.09. The van der Waals surface area contributed by atoms with Crippen molar-refractivity contribution in [2.45, 2.75) is 6.92 Å². The molecule has 0 saturated heterocycles. The molecule has 0 unspecified atom stereocenters. The van der Waals surface area contributed by atoms with Gasteiger partial charge in [-0.05, 0) is 36.3 Å². The third kappa shape index (κ3) is 2.36. The number of nitrogens with zero attached hydrogens (tertiary/aromatic N) is 1. The first-order chi connectivity index (χ1) is 8.22. The maximum atomic E-state index is 13.8. The summed E-state index contributed by atoms with van der Waals surface area (Å²) in [4.78, 5) is 0. The van der Waals surface area contributed by atoms with E-state index in [1.54, 1.807) is 25.5 Å². The summed E-state index contributed by atoms with van der Waals surface area (Å²) < 4.78 is 23.4. The largest absolute Gasteiger partial charge is 0.504 e. The van der Waals surface area contributed by atoms with Crippen molar-refractivity contribution < 1.29 is 13.7 Å². The molecular weight excluding hydrogens is 221 g/mol. The lowest BCUT2D eigenvalue weighted by Gasteiger charge is -2.05. The summed E-state index contributed by atoms with van der Waals surface area (Å²) in [6, 6.07) is 3.23. The molecule has 1 aromatic carbocycles. The highest BCUT2D eigenvalue weighted by Crippen LogP contribution is 2.26. The molecule has 0 aliphatic rings. The minimum atomic E-state index is -0.291. The van der Waals surface area contributed by atoms with Gasteiger partial charge in [-0.3, -0.25) is 0 Å². The summed E-state index contributed by atoms with van der Waals surface area (Å²) in [5, 5.41) is 3.57. The maximum Gasteiger partial charge on any atom is 0.131 e. The molecule has 0 fully saturated rings. The molecule has 1 aromatic heterocycles. The second-order valence-corrected chi connectivity index (χ2v) is 3.64. The molecule has 0 amide bonds. The van der Waals surface area contributed by atoms with Gasteiger partial charge in [0.15, 0.2) is 0 Å². The van der Waals surface area contributed by atoms with Crippen molar-refractivity contribution in [2.75, 3.05) is 7.11 Å². The Morgan fingerprint density at radius 3 is 2.88 bits per heavy atom. The Bertz CT molecular complexity index is 533. The predicted octanol–water partition coefficient (Wildman–Crippen LogP) is 3.41. The quantitative estimate of drug-likeness (QED) is 0.762. The van der Waals surface area contributed by atoms with Crippen LogP contribution in [0.5, 0.6) is 0 Å². The van der Waals surface area contributed by atoms with Crippen molar-refractivity contribution in [3.05, 3.63) is 47.8 Å². The monoisotopic (exact) mass is 233 g/mol. The Labute approximate surface area is 98.5 Å². The van der Waals surface area contributed by atoms with Gasteiger partial charge in [-0.25, -0.2) is 4.39 Å². The lowest BCUT2D eigenvalue weighted by molar-refractivity contribution is 0.341. The standard InChI is InChI=1S/C13H12FNO2/c1-9-5-13(14)12(11-7-15-17-8-11)6-10(9)3-4-16-2/h3-8H,1-2H3. The van der Waals surface area contributed by atoms with Gasteiger partial charge >= 0.3 is 0 Å². The third-order valence-electron chi connectivity index (χ3n) is 2.48. The number of hydrogen-bond acceptors (Lipinski definition) is 3. The van der Waals surface area contributed by atoms with Crippen LogP contribution in [-0.2, 0) is 4.74 Å². The van der Waals surface area contributed by atoms with Crippen molar-refractivity contribution in [3.63, 3.8) is 0 Å². The average molecular weight is 233 g/mol. The number of aryl methyl sites for hydroxylation is 1. The van der Waals surface area contributed by atoms with Crippen LogP contribution in [0.25, 0.3) is 17.2 Å². The molecule has 2 rings (SSSR count). The number of aromatic nitrogens is 1.